The Morgan fingerprint density at radius 3 is 2.67 bits per heavy atom. The topological polar surface area (TPSA) is 42.8 Å². The zero-order valence-corrected chi connectivity index (χ0v) is 11.6. The summed E-state index contributed by atoms with van der Waals surface area (Å²) >= 11 is 5.16. The van der Waals surface area contributed by atoms with Crippen LogP contribution in [0.15, 0.2) is 24.3 Å². The van der Waals surface area contributed by atoms with Gasteiger partial charge in [-0.25, -0.2) is 0 Å². The second-order valence-electron chi connectivity index (χ2n) is 4.20. The van der Waals surface area contributed by atoms with E-state index >= 15 is 0 Å². The predicted molar refractivity (Wildman–Crippen MR) is 73.3 cm³/mol. The van der Waals surface area contributed by atoms with Gasteiger partial charge in [0.1, 0.15) is 5.75 Å². The Labute approximate surface area is 112 Å². The van der Waals surface area contributed by atoms with Gasteiger partial charge in [0.15, 0.2) is 16.7 Å². The van der Waals surface area contributed by atoms with Crippen molar-refractivity contribution in [2.45, 2.75) is 33.4 Å². The van der Waals surface area contributed by atoms with Gasteiger partial charge in [0.25, 0.3) is 0 Å². The summed E-state index contributed by atoms with van der Waals surface area (Å²) in [6, 6.07) is 7.98. The van der Waals surface area contributed by atoms with Crippen molar-refractivity contribution in [1.29, 1.82) is 0 Å². The molecule has 0 aliphatic carbocycles. The van der Waals surface area contributed by atoms with E-state index in [0.717, 1.165) is 18.1 Å². The van der Waals surface area contributed by atoms with Gasteiger partial charge in [-0.15, -0.1) is 0 Å². The standard InChI is InChI=1S/C13H17N3OS/c1-4-16-12(14-15-13(16)18)10(3)17-11-7-5-9(2)6-8-11/h5-8,10H,4H2,1-3H3,(H,15,18)/t10-/m0/s1. The van der Waals surface area contributed by atoms with Crippen molar-refractivity contribution in [3.05, 3.63) is 40.4 Å². The Kier molecular flexibility index (Phi) is 3.81. The highest BCUT2D eigenvalue weighted by atomic mass is 32.1. The Morgan fingerprint density at radius 2 is 2.06 bits per heavy atom. The van der Waals surface area contributed by atoms with Crippen LogP contribution in [0.1, 0.15) is 31.3 Å². The third kappa shape index (κ3) is 2.61. The summed E-state index contributed by atoms with van der Waals surface area (Å²) in [5.74, 6) is 1.66. The number of aryl methyl sites for hydroxylation is 1. The monoisotopic (exact) mass is 263 g/mol. The molecule has 0 aliphatic rings. The van der Waals surface area contributed by atoms with Crippen LogP contribution in [0.4, 0.5) is 0 Å². The van der Waals surface area contributed by atoms with Gasteiger partial charge in [-0.3, -0.25) is 5.10 Å². The number of aromatic amines is 1. The lowest BCUT2D eigenvalue weighted by molar-refractivity contribution is 0.210. The summed E-state index contributed by atoms with van der Waals surface area (Å²) in [6.45, 7) is 6.84. The van der Waals surface area contributed by atoms with E-state index in [0.29, 0.717) is 4.77 Å². The average Bonchev–Trinajstić information content (AvgIpc) is 2.73. The molecule has 2 rings (SSSR count). The number of aromatic nitrogens is 3. The van der Waals surface area contributed by atoms with Crippen LogP contribution in [-0.2, 0) is 6.54 Å². The van der Waals surface area contributed by atoms with Gasteiger partial charge in [-0.2, -0.15) is 5.10 Å². The van der Waals surface area contributed by atoms with Gasteiger partial charge in [0.2, 0.25) is 0 Å². The lowest BCUT2D eigenvalue weighted by Gasteiger charge is -2.14. The van der Waals surface area contributed by atoms with Gasteiger partial charge in [0, 0.05) is 6.54 Å². The Morgan fingerprint density at radius 1 is 1.39 bits per heavy atom. The SMILES string of the molecule is CCn1c([C@H](C)Oc2ccc(C)cc2)n[nH]c1=S. The first-order valence-corrected chi connectivity index (χ1v) is 6.41. The molecule has 0 spiro atoms. The summed E-state index contributed by atoms with van der Waals surface area (Å²) in [6.07, 6.45) is -0.138. The molecule has 1 atom stereocenters. The molecule has 1 aromatic carbocycles. The average molecular weight is 263 g/mol. The van der Waals surface area contributed by atoms with E-state index in [1.165, 1.54) is 5.56 Å². The lowest BCUT2D eigenvalue weighted by Crippen LogP contribution is -2.11. The third-order valence-electron chi connectivity index (χ3n) is 2.80. The molecule has 4 nitrogen and oxygen atoms in total. The first-order valence-electron chi connectivity index (χ1n) is 6.00. The van der Waals surface area contributed by atoms with E-state index in [1.807, 2.05) is 42.7 Å². The van der Waals surface area contributed by atoms with Crippen molar-refractivity contribution in [2.24, 2.45) is 0 Å². The number of nitrogens with zero attached hydrogens (tertiary/aromatic N) is 2. The molecule has 0 unspecified atom stereocenters. The first-order chi connectivity index (χ1) is 8.61. The van der Waals surface area contributed by atoms with E-state index in [-0.39, 0.29) is 6.10 Å². The normalized spacial score (nSPS) is 12.4. The highest BCUT2D eigenvalue weighted by Crippen LogP contribution is 2.20. The molecule has 0 bridgehead atoms. The molecule has 1 N–H and O–H groups in total. The number of nitrogens with one attached hydrogen (secondary N) is 1. The van der Waals surface area contributed by atoms with Crippen molar-refractivity contribution in [3.63, 3.8) is 0 Å². The zero-order valence-electron chi connectivity index (χ0n) is 10.8. The molecular formula is C13H17N3OS. The van der Waals surface area contributed by atoms with Gasteiger partial charge < -0.3 is 9.30 Å². The zero-order chi connectivity index (χ0) is 13.1. The number of ether oxygens (including phenoxy) is 1. The molecule has 0 fully saturated rings. The molecule has 0 saturated carbocycles. The quantitative estimate of drug-likeness (QED) is 0.860. The van der Waals surface area contributed by atoms with Crippen LogP contribution in [0.25, 0.3) is 0 Å². The van der Waals surface area contributed by atoms with Crippen molar-refractivity contribution in [1.82, 2.24) is 14.8 Å². The van der Waals surface area contributed by atoms with Crippen molar-refractivity contribution >= 4 is 12.2 Å². The maximum absolute atomic E-state index is 5.86. The van der Waals surface area contributed by atoms with Gasteiger partial charge >= 0.3 is 0 Å². The van der Waals surface area contributed by atoms with Crippen molar-refractivity contribution in [2.75, 3.05) is 0 Å². The Balaban J connectivity index is 2.19. The number of benzene rings is 1. The van der Waals surface area contributed by atoms with E-state index in [2.05, 4.69) is 17.1 Å². The predicted octanol–water partition coefficient (Wildman–Crippen LogP) is 3.41. The van der Waals surface area contributed by atoms with Crippen LogP contribution in [-0.4, -0.2) is 14.8 Å². The molecule has 1 heterocycles. The molecule has 96 valence electrons. The molecule has 2 aromatic rings. The maximum atomic E-state index is 5.86. The second-order valence-corrected chi connectivity index (χ2v) is 4.59. The molecule has 1 aromatic heterocycles. The van der Waals surface area contributed by atoms with Crippen LogP contribution in [0.3, 0.4) is 0 Å². The summed E-state index contributed by atoms with van der Waals surface area (Å²) in [4.78, 5) is 0. The van der Waals surface area contributed by atoms with Crippen LogP contribution in [0.5, 0.6) is 5.75 Å². The molecule has 0 amide bonds. The fourth-order valence-electron chi connectivity index (χ4n) is 1.82. The molecule has 0 saturated heterocycles. The molecule has 0 aliphatic heterocycles. The lowest BCUT2D eigenvalue weighted by atomic mass is 10.2. The largest absolute Gasteiger partial charge is 0.483 e. The minimum absolute atomic E-state index is 0.138. The fraction of sp³-hybridized carbons (Fsp3) is 0.385. The maximum Gasteiger partial charge on any atom is 0.195 e. The van der Waals surface area contributed by atoms with Crippen molar-refractivity contribution < 1.29 is 4.74 Å². The summed E-state index contributed by atoms with van der Waals surface area (Å²) in [5, 5.41) is 7.02. The third-order valence-corrected chi connectivity index (χ3v) is 3.11. The minimum atomic E-state index is -0.138. The van der Waals surface area contributed by atoms with Crippen LogP contribution in [0, 0.1) is 11.7 Å². The van der Waals surface area contributed by atoms with Crippen LogP contribution in [0.2, 0.25) is 0 Å². The molecular weight excluding hydrogens is 246 g/mol. The Hall–Kier alpha value is -1.62. The first kappa shape index (κ1) is 12.8. The van der Waals surface area contributed by atoms with E-state index in [4.69, 9.17) is 17.0 Å². The highest BCUT2D eigenvalue weighted by Gasteiger charge is 2.14. The smallest absolute Gasteiger partial charge is 0.195 e. The number of rotatable bonds is 4. The van der Waals surface area contributed by atoms with Crippen molar-refractivity contribution in [3.8, 4) is 5.75 Å². The second kappa shape index (κ2) is 5.35. The number of H-pyrrole nitrogens is 1. The molecule has 18 heavy (non-hydrogen) atoms. The molecule has 5 heteroatoms. The van der Waals surface area contributed by atoms with Gasteiger partial charge in [0.05, 0.1) is 0 Å². The van der Waals surface area contributed by atoms with E-state index < -0.39 is 0 Å². The number of hydrogen-bond acceptors (Lipinski definition) is 3. The van der Waals surface area contributed by atoms with Gasteiger partial charge in [-0.05, 0) is 45.1 Å². The van der Waals surface area contributed by atoms with Gasteiger partial charge in [-0.1, -0.05) is 17.7 Å². The summed E-state index contributed by atoms with van der Waals surface area (Å²) in [7, 11) is 0. The highest BCUT2D eigenvalue weighted by molar-refractivity contribution is 7.71. The van der Waals surface area contributed by atoms with Crippen LogP contribution >= 0.6 is 12.2 Å². The Bertz CT molecular complexity index is 571. The molecule has 0 radical (unpaired) electrons. The van der Waals surface area contributed by atoms with E-state index in [1.54, 1.807) is 0 Å². The summed E-state index contributed by atoms with van der Waals surface area (Å²) < 4.78 is 8.43. The van der Waals surface area contributed by atoms with E-state index in [9.17, 15) is 0 Å². The fourth-order valence-corrected chi connectivity index (χ4v) is 2.09. The minimum Gasteiger partial charge on any atom is -0.483 e. The number of hydrogen-bond donors (Lipinski definition) is 1. The van der Waals surface area contributed by atoms with Crippen LogP contribution < -0.4 is 4.74 Å². The summed E-state index contributed by atoms with van der Waals surface area (Å²) in [5.41, 5.74) is 1.21.